The molecular weight excluding hydrogens is 342 g/mol. The number of amides is 1. The van der Waals surface area contributed by atoms with Gasteiger partial charge in [0.05, 0.1) is 12.2 Å². The Morgan fingerprint density at radius 2 is 1.81 bits per heavy atom. The van der Waals surface area contributed by atoms with E-state index in [0.717, 1.165) is 10.8 Å². The number of carbonyl (C=O) groups excluding carboxylic acids is 1. The van der Waals surface area contributed by atoms with E-state index in [2.05, 4.69) is 41.7 Å². The van der Waals surface area contributed by atoms with Crippen LogP contribution in [0.15, 0.2) is 54.6 Å². The Labute approximate surface area is 157 Å². The van der Waals surface area contributed by atoms with Crippen LogP contribution in [0.2, 0.25) is 0 Å². The zero-order chi connectivity index (χ0) is 18.1. The average molecular weight is 363 g/mol. The van der Waals surface area contributed by atoms with E-state index in [4.69, 9.17) is 4.98 Å². The lowest BCUT2D eigenvalue weighted by atomic mass is 9.87. The molecule has 0 unspecified atom stereocenters. The second-order valence-electron chi connectivity index (χ2n) is 6.69. The molecule has 2 heterocycles. The Bertz CT molecular complexity index is 933. The van der Waals surface area contributed by atoms with E-state index in [-0.39, 0.29) is 11.8 Å². The molecule has 1 atom stereocenters. The summed E-state index contributed by atoms with van der Waals surface area (Å²) < 4.78 is 0. The summed E-state index contributed by atoms with van der Waals surface area (Å²) in [6.07, 6.45) is 0.450. The van der Waals surface area contributed by atoms with Gasteiger partial charge in [0.2, 0.25) is 5.91 Å². The monoisotopic (exact) mass is 363 g/mol. The number of benzene rings is 2. The zero-order valence-electron chi connectivity index (χ0n) is 14.9. The van der Waals surface area contributed by atoms with Crippen molar-refractivity contribution >= 4 is 22.4 Å². The number of nitrogens with one attached hydrogen (secondary N) is 1. The zero-order valence-corrected chi connectivity index (χ0v) is 15.7. The molecule has 3 aromatic rings. The second kappa shape index (κ2) is 6.92. The number of aromatic nitrogens is 1. The Morgan fingerprint density at radius 1 is 1.08 bits per heavy atom. The molecule has 4 nitrogen and oxygen atoms in total. The van der Waals surface area contributed by atoms with Crippen molar-refractivity contribution < 1.29 is 4.79 Å². The van der Waals surface area contributed by atoms with Gasteiger partial charge in [-0.15, -0.1) is 11.3 Å². The molecule has 0 radical (unpaired) electrons. The minimum absolute atomic E-state index is 0.0232. The van der Waals surface area contributed by atoms with E-state index in [1.54, 1.807) is 11.3 Å². The van der Waals surface area contributed by atoms with Crippen molar-refractivity contribution in [2.75, 3.05) is 19.0 Å². The Hall–Kier alpha value is -2.66. The van der Waals surface area contributed by atoms with Gasteiger partial charge in [-0.3, -0.25) is 4.79 Å². The van der Waals surface area contributed by atoms with Gasteiger partial charge in [-0.2, -0.15) is 0 Å². The van der Waals surface area contributed by atoms with Crippen LogP contribution in [0.1, 0.15) is 28.5 Å². The Kier molecular flexibility index (Phi) is 4.47. The van der Waals surface area contributed by atoms with Crippen LogP contribution in [-0.4, -0.2) is 25.0 Å². The van der Waals surface area contributed by atoms with Gasteiger partial charge in [-0.1, -0.05) is 54.6 Å². The second-order valence-corrected chi connectivity index (χ2v) is 7.70. The van der Waals surface area contributed by atoms with E-state index in [1.807, 2.05) is 37.2 Å². The van der Waals surface area contributed by atoms with Crippen molar-refractivity contribution in [3.05, 3.63) is 70.7 Å². The summed E-state index contributed by atoms with van der Waals surface area (Å²) >= 11 is 1.69. The lowest BCUT2D eigenvalue weighted by Gasteiger charge is -2.18. The third kappa shape index (κ3) is 3.10. The standard InChI is InChI=1S/C21H21N3OS/c1-24(2)21-23-18-13-22-19(25)12-17(20(18)26-21)16-11-7-6-10-15(16)14-8-4-3-5-9-14/h3-11,17H,12-13H2,1-2H3,(H,22,25)/t17-/m0/s1. The van der Waals surface area contributed by atoms with Gasteiger partial charge in [0.15, 0.2) is 5.13 Å². The number of carbonyl (C=O) groups is 1. The third-order valence-electron chi connectivity index (χ3n) is 4.68. The summed E-state index contributed by atoms with van der Waals surface area (Å²) in [6.45, 7) is 0.502. The first-order chi connectivity index (χ1) is 12.6. The van der Waals surface area contributed by atoms with Gasteiger partial charge in [0.25, 0.3) is 0 Å². The smallest absolute Gasteiger partial charge is 0.221 e. The highest BCUT2D eigenvalue weighted by atomic mass is 32.1. The maximum Gasteiger partial charge on any atom is 0.221 e. The molecule has 4 rings (SSSR count). The number of hydrogen-bond donors (Lipinski definition) is 1. The summed E-state index contributed by atoms with van der Waals surface area (Å²) in [6, 6.07) is 18.8. The maximum atomic E-state index is 12.4. The number of thiazole rings is 1. The van der Waals surface area contributed by atoms with E-state index in [1.165, 1.54) is 21.6 Å². The molecule has 1 amide bonds. The maximum absolute atomic E-state index is 12.4. The molecule has 1 aromatic heterocycles. The number of hydrogen-bond acceptors (Lipinski definition) is 4. The fourth-order valence-electron chi connectivity index (χ4n) is 3.41. The lowest BCUT2D eigenvalue weighted by Crippen LogP contribution is -2.21. The minimum Gasteiger partial charge on any atom is -0.354 e. The van der Waals surface area contributed by atoms with Gasteiger partial charge in [-0.25, -0.2) is 4.98 Å². The lowest BCUT2D eigenvalue weighted by molar-refractivity contribution is -0.121. The Morgan fingerprint density at radius 3 is 2.58 bits per heavy atom. The van der Waals surface area contributed by atoms with Gasteiger partial charge >= 0.3 is 0 Å². The normalized spacial score (nSPS) is 16.5. The van der Waals surface area contributed by atoms with Crippen LogP contribution in [0.3, 0.4) is 0 Å². The number of nitrogens with zero attached hydrogens (tertiary/aromatic N) is 2. The first kappa shape index (κ1) is 16.8. The molecule has 0 bridgehead atoms. The van der Waals surface area contributed by atoms with Gasteiger partial charge in [0, 0.05) is 31.3 Å². The summed E-state index contributed by atoms with van der Waals surface area (Å²) in [5, 5.41) is 3.98. The molecule has 132 valence electrons. The van der Waals surface area contributed by atoms with Crippen molar-refractivity contribution in [1.82, 2.24) is 10.3 Å². The molecule has 0 aliphatic carbocycles. The summed E-state index contributed by atoms with van der Waals surface area (Å²) in [4.78, 5) is 20.3. The van der Waals surface area contributed by atoms with Gasteiger partial charge in [-0.05, 0) is 16.7 Å². The highest BCUT2D eigenvalue weighted by Gasteiger charge is 2.29. The average Bonchev–Trinajstić information content (AvgIpc) is 3.03. The van der Waals surface area contributed by atoms with Crippen molar-refractivity contribution in [1.29, 1.82) is 0 Å². The summed E-state index contributed by atoms with van der Waals surface area (Å²) in [5.74, 6) is 0.101. The predicted octanol–water partition coefficient (Wildman–Crippen LogP) is 4.03. The molecule has 0 fully saturated rings. The van der Waals surface area contributed by atoms with Gasteiger partial charge in [0.1, 0.15) is 0 Å². The molecule has 0 saturated heterocycles. The molecule has 0 saturated carbocycles. The van der Waals surface area contributed by atoms with Crippen LogP contribution < -0.4 is 10.2 Å². The number of anilines is 1. The predicted molar refractivity (Wildman–Crippen MR) is 107 cm³/mol. The van der Waals surface area contributed by atoms with Crippen LogP contribution in [0.25, 0.3) is 11.1 Å². The highest BCUT2D eigenvalue weighted by molar-refractivity contribution is 7.15. The minimum atomic E-state index is 0.0232. The molecular formula is C21H21N3OS. The molecule has 0 spiro atoms. The molecule has 1 N–H and O–H groups in total. The van der Waals surface area contributed by atoms with Crippen LogP contribution in [0.5, 0.6) is 0 Å². The van der Waals surface area contributed by atoms with E-state index in [0.29, 0.717) is 13.0 Å². The van der Waals surface area contributed by atoms with Crippen molar-refractivity contribution in [3.8, 4) is 11.1 Å². The molecule has 5 heteroatoms. The van der Waals surface area contributed by atoms with Gasteiger partial charge < -0.3 is 10.2 Å². The SMILES string of the molecule is CN(C)c1nc2c(s1)[C@H](c1ccccc1-c1ccccc1)CC(=O)NC2. The largest absolute Gasteiger partial charge is 0.354 e. The first-order valence-electron chi connectivity index (χ1n) is 8.71. The van der Waals surface area contributed by atoms with E-state index in [9.17, 15) is 4.79 Å². The molecule has 1 aliphatic heterocycles. The van der Waals surface area contributed by atoms with E-state index >= 15 is 0 Å². The number of rotatable bonds is 3. The summed E-state index contributed by atoms with van der Waals surface area (Å²) in [7, 11) is 4.01. The highest BCUT2D eigenvalue weighted by Crippen LogP contribution is 2.42. The fourth-order valence-corrected chi connectivity index (χ4v) is 4.53. The fraction of sp³-hybridized carbons (Fsp3) is 0.238. The van der Waals surface area contributed by atoms with Crippen molar-refractivity contribution in [2.45, 2.75) is 18.9 Å². The number of fused-ring (bicyclic) bond motifs is 1. The molecule has 2 aromatic carbocycles. The van der Waals surface area contributed by atoms with Crippen LogP contribution >= 0.6 is 11.3 Å². The van der Waals surface area contributed by atoms with Crippen LogP contribution in [0, 0.1) is 0 Å². The molecule has 1 aliphatic rings. The third-order valence-corrected chi connectivity index (χ3v) is 6.06. The first-order valence-corrected chi connectivity index (χ1v) is 9.53. The summed E-state index contributed by atoms with van der Waals surface area (Å²) in [5.41, 5.74) is 4.52. The topological polar surface area (TPSA) is 45.2 Å². The Balaban J connectivity index is 1.86. The van der Waals surface area contributed by atoms with Crippen molar-refractivity contribution in [3.63, 3.8) is 0 Å². The quantitative estimate of drug-likeness (QED) is 0.764. The van der Waals surface area contributed by atoms with E-state index < -0.39 is 0 Å². The van der Waals surface area contributed by atoms with Crippen molar-refractivity contribution in [2.24, 2.45) is 0 Å². The van der Waals surface area contributed by atoms with Crippen LogP contribution in [0.4, 0.5) is 5.13 Å². The van der Waals surface area contributed by atoms with Crippen LogP contribution in [-0.2, 0) is 11.3 Å². The molecule has 26 heavy (non-hydrogen) atoms.